The Morgan fingerprint density at radius 2 is 1.80 bits per heavy atom. The molecule has 20 heavy (non-hydrogen) atoms. The van der Waals surface area contributed by atoms with Crippen molar-refractivity contribution in [2.75, 3.05) is 12.4 Å². The van der Waals surface area contributed by atoms with Crippen molar-refractivity contribution in [1.82, 2.24) is 0 Å². The average molecular weight is 461 g/mol. The van der Waals surface area contributed by atoms with E-state index >= 15 is 0 Å². The molecule has 0 spiro atoms. The van der Waals surface area contributed by atoms with Crippen LogP contribution in [0.1, 0.15) is 5.56 Å². The third kappa shape index (κ3) is 3.35. The minimum absolute atomic E-state index is 0.571. The highest BCUT2D eigenvalue weighted by molar-refractivity contribution is 9.11. The number of hydrogen-bond donors (Lipinski definition) is 1. The van der Waals surface area contributed by atoms with E-state index in [4.69, 9.17) is 10.00 Å². The van der Waals surface area contributed by atoms with Gasteiger partial charge in [0.1, 0.15) is 11.8 Å². The van der Waals surface area contributed by atoms with Crippen LogP contribution in [-0.4, -0.2) is 7.11 Å². The second-order valence-electron chi connectivity index (χ2n) is 3.89. The maximum Gasteiger partial charge on any atom is 0.135 e. The number of nitrogens with one attached hydrogen (secondary N) is 1. The Hall–Kier alpha value is -1.03. The van der Waals surface area contributed by atoms with Crippen LogP contribution in [0.4, 0.5) is 11.4 Å². The van der Waals surface area contributed by atoms with Crippen molar-refractivity contribution in [2.24, 2.45) is 0 Å². The third-order valence-electron chi connectivity index (χ3n) is 2.61. The molecule has 0 atom stereocenters. The van der Waals surface area contributed by atoms with E-state index < -0.39 is 0 Å². The van der Waals surface area contributed by atoms with Crippen molar-refractivity contribution >= 4 is 59.2 Å². The highest BCUT2D eigenvalue weighted by Crippen LogP contribution is 2.36. The Morgan fingerprint density at radius 3 is 2.45 bits per heavy atom. The van der Waals surface area contributed by atoms with Crippen molar-refractivity contribution in [2.45, 2.75) is 0 Å². The summed E-state index contributed by atoms with van der Waals surface area (Å²) in [6.07, 6.45) is 0. The fraction of sp³-hybridized carbons (Fsp3) is 0.0714. The van der Waals surface area contributed by atoms with Crippen LogP contribution in [0.15, 0.2) is 43.7 Å². The Morgan fingerprint density at radius 1 is 1.05 bits per heavy atom. The second-order valence-corrected chi connectivity index (χ2v) is 6.52. The van der Waals surface area contributed by atoms with Crippen LogP contribution in [0.2, 0.25) is 0 Å². The zero-order valence-corrected chi connectivity index (χ0v) is 15.1. The molecule has 0 heterocycles. The fourth-order valence-electron chi connectivity index (χ4n) is 1.64. The van der Waals surface area contributed by atoms with Gasteiger partial charge in [-0.25, -0.2) is 0 Å². The molecule has 0 saturated carbocycles. The summed E-state index contributed by atoms with van der Waals surface area (Å²) in [5.41, 5.74) is 2.12. The van der Waals surface area contributed by atoms with Gasteiger partial charge in [0, 0.05) is 15.0 Å². The molecule has 0 bridgehead atoms. The van der Waals surface area contributed by atoms with Gasteiger partial charge in [0.2, 0.25) is 0 Å². The maximum atomic E-state index is 9.15. The number of halogens is 3. The second kappa shape index (κ2) is 6.61. The summed E-state index contributed by atoms with van der Waals surface area (Å²) in [7, 11) is 1.61. The zero-order chi connectivity index (χ0) is 14.7. The smallest absolute Gasteiger partial charge is 0.135 e. The molecule has 0 amide bonds. The van der Waals surface area contributed by atoms with Gasteiger partial charge in [0.15, 0.2) is 0 Å². The van der Waals surface area contributed by atoms with Gasteiger partial charge in [-0.15, -0.1) is 0 Å². The molecule has 2 aromatic rings. The van der Waals surface area contributed by atoms with Crippen molar-refractivity contribution in [3.05, 3.63) is 49.3 Å². The third-order valence-corrected chi connectivity index (χ3v) is 4.38. The lowest BCUT2D eigenvalue weighted by Crippen LogP contribution is -1.96. The monoisotopic (exact) mass is 458 g/mol. The van der Waals surface area contributed by atoms with E-state index in [2.05, 4.69) is 59.2 Å². The number of nitrogens with zero attached hydrogens (tertiary/aromatic N) is 1. The van der Waals surface area contributed by atoms with Crippen molar-refractivity contribution < 1.29 is 4.74 Å². The van der Waals surface area contributed by atoms with Gasteiger partial charge in [-0.05, 0) is 56.1 Å². The van der Waals surface area contributed by atoms with Crippen LogP contribution >= 0.6 is 47.8 Å². The maximum absolute atomic E-state index is 9.15. The van der Waals surface area contributed by atoms with E-state index in [1.165, 1.54) is 0 Å². The molecular formula is C14H9Br3N2O. The molecular weight excluding hydrogens is 452 g/mol. The van der Waals surface area contributed by atoms with Crippen LogP contribution < -0.4 is 10.1 Å². The number of hydrogen-bond acceptors (Lipinski definition) is 3. The number of nitriles is 1. The number of anilines is 2. The summed E-state index contributed by atoms with van der Waals surface area (Å²) in [4.78, 5) is 0. The van der Waals surface area contributed by atoms with E-state index in [-0.39, 0.29) is 0 Å². The molecule has 2 aromatic carbocycles. The standard InChI is InChI=1S/C14H9Br3N2O/c1-20-14-6-13(10(16)5-11(14)17)19-12-4-9(15)3-2-8(12)7-18/h2-6,19H,1H3. The van der Waals surface area contributed by atoms with Crippen molar-refractivity contribution in [1.29, 1.82) is 5.26 Å². The van der Waals surface area contributed by atoms with Crippen molar-refractivity contribution in [3.63, 3.8) is 0 Å². The molecule has 3 nitrogen and oxygen atoms in total. The van der Waals surface area contributed by atoms with Gasteiger partial charge in [-0.2, -0.15) is 5.26 Å². The molecule has 0 aromatic heterocycles. The van der Waals surface area contributed by atoms with Crippen LogP contribution in [0.3, 0.4) is 0 Å². The first-order valence-corrected chi connectivity index (χ1v) is 7.92. The molecule has 2 rings (SSSR count). The molecule has 0 unspecified atom stereocenters. The molecule has 0 aliphatic rings. The number of methoxy groups -OCH3 is 1. The predicted molar refractivity (Wildman–Crippen MR) is 90.5 cm³/mol. The molecule has 0 radical (unpaired) electrons. The molecule has 0 saturated heterocycles. The van der Waals surface area contributed by atoms with Crippen LogP contribution in [0, 0.1) is 11.3 Å². The number of benzene rings is 2. The van der Waals surface area contributed by atoms with Gasteiger partial charge >= 0.3 is 0 Å². The molecule has 6 heteroatoms. The Kier molecular flexibility index (Phi) is 5.08. The quantitative estimate of drug-likeness (QED) is 0.648. The van der Waals surface area contributed by atoms with Gasteiger partial charge < -0.3 is 10.1 Å². The molecule has 0 fully saturated rings. The first kappa shape index (κ1) is 15.4. The molecule has 0 aliphatic heterocycles. The zero-order valence-electron chi connectivity index (χ0n) is 10.4. The van der Waals surface area contributed by atoms with Gasteiger partial charge in [-0.3, -0.25) is 0 Å². The van der Waals surface area contributed by atoms with Gasteiger partial charge in [-0.1, -0.05) is 15.9 Å². The van der Waals surface area contributed by atoms with Crippen LogP contribution in [0.5, 0.6) is 5.75 Å². The first-order valence-electron chi connectivity index (χ1n) is 5.55. The van der Waals surface area contributed by atoms with Gasteiger partial charge in [0.25, 0.3) is 0 Å². The van der Waals surface area contributed by atoms with E-state index in [1.54, 1.807) is 13.2 Å². The Balaban J connectivity index is 2.45. The number of ether oxygens (including phenoxy) is 1. The van der Waals surface area contributed by atoms with Gasteiger partial charge in [0.05, 0.1) is 28.5 Å². The van der Waals surface area contributed by atoms with E-state index in [1.807, 2.05) is 24.3 Å². The fourth-order valence-corrected chi connectivity index (χ4v) is 3.26. The van der Waals surface area contributed by atoms with E-state index in [9.17, 15) is 0 Å². The molecule has 102 valence electrons. The highest BCUT2D eigenvalue weighted by Gasteiger charge is 2.10. The van der Waals surface area contributed by atoms with Crippen molar-refractivity contribution in [3.8, 4) is 11.8 Å². The summed E-state index contributed by atoms with van der Waals surface area (Å²) < 4.78 is 7.90. The minimum Gasteiger partial charge on any atom is -0.495 e. The summed E-state index contributed by atoms with van der Waals surface area (Å²) in [6, 6.07) is 11.4. The van der Waals surface area contributed by atoms with Crippen LogP contribution in [0.25, 0.3) is 0 Å². The SMILES string of the molecule is COc1cc(Nc2cc(Br)ccc2C#N)c(Br)cc1Br. The minimum atomic E-state index is 0.571. The van der Waals surface area contributed by atoms with E-state index in [0.717, 1.165) is 24.8 Å². The Labute approximate surface area is 142 Å². The first-order chi connectivity index (χ1) is 9.55. The summed E-state index contributed by atoms with van der Waals surface area (Å²) >= 11 is 10.3. The van der Waals surface area contributed by atoms with E-state index in [0.29, 0.717) is 11.3 Å². The lowest BCUT2D eigenvalue weighted by Gasteiger charge is -2.13. The summed E-state index contributed by atoms with van der Waals surface area (Å²) in [5.74, 6) is 0.712. The lowest BCUT2D eigenvalue weighted by atomic mass is 10.2. The lowest BCUT2D eigenvalue weighted by molar-refractivity contribution is 0.412. The topological polar surface area (TPSA) is 45.0 Å². The summed E-state index contributed by atoms with van der Waals surface area (Å²) in [5, 5.41) is 12.4. The largest absolute Gasteiger partial charge is 0.495 e. The predicted octanol–water partition coefficient (Wildman–Crippen LogP) is 5.60. The molecule has 1 N–H and O–H groups in total. The van der Waals surface area contributed by atoms with Crippen LogP contribution in [-0.2, 0) is 0 Å². The normalized spacial score (nSPS) is 9.95. The average Bonchev–Trinajstić information content (AvgIpc) is 2.42. The Bertz CT molecular complexity index is 696. The number of rotatable bonds is 3. The summed E-state index contributed by atoms with van der Waals surface area (Å²) in [6.45, 7) is 0. The highest BCUT2D eigenvalue weighted by atomic mass is 79.9. The molecule has 0 aliphatic carbocycles.